The Morgan fingerprint density at radius 3 is 1.30 bits per heavy atom. The molecule has 2 aromatic rings. The van der Waals surface area contributed by atoms with Gasteiger partial charge in [0.2, 0.25) is 0 Å². The summed E-state index contributed by atoms with van der Waals surface area (Å²) in [6.07, 6.45) is 0. The lowest BCUT2D eigenvalue weighted by Crippen LogP contribution is -2.40. The Balaban J connectivity index is 1.98. The molecule has 0 amide bonds. The molecule has 23 heavy (non-hydrogen) atoms. The summed E-state index contributed by atoms with van der Waals surface area (Å²) in [5.41, 5.74) is 4.23. The van der Waals surface area contributed by atoms with Crippen molar-refractivity contribution in [2.75, 3.05) is 9.13 Å². The summed E-state index contributed by atoms with van der Waals surface area (Å²) >= 11 is 0. The number of nitrogens with zero attached hydrogens (tertiary/aromatic N) is 2. The van der Waals surface area contributed by atoms with E-state index in [9.17, 15) is 0 Å². The predicted molar refractivity (Wildman–Crippen MR) is 110 cm³/mol. The highest BCUT2D eigenvalue weighted by molar-refractivity contribution is 6.60. The molecule has 0 saturated heterocycles. The van der Waals surface area contributed by atoms with Crippen LogP contribution in [0.25, 0.3) is 0 Å². The Morgan fingerprint density at radius 1 is 0.652 bits per heavy atom. The van der Waals surface area contributed by atoms with Gasteiger partial charge in [-0.2, -0.15) is 0 Å². The molecule has 0 aliphatic rings. The maximum absolute atomic E-state index is 2.66. The van der Waals surface area contributed by atoms with E-state index in [4.69, 9.17) is 0 Å². The fourth-order valence-electron chi connectivity index (χ4n) is 3.02. The van der Waals surface area contributed by atoms with Crippen molar-refractivity contribution in [2.45, 2.75) is 45.4 Å². The topological polar surface area (TPSA) is 6.48 Å². The van der Waals surface area contributed by atoms with Crippen LogP contribution in [0.15, 0.2) is 60.7 Å². The fourth-order valence-corrected chi connectivity index (χ4v) is 8.28. The van der Waals surface area contributed by atoms with Crippen LogP contribution in [0.2, 0.25) is 5.67 Å². The van der Waals surface area contributed by atoms with Gasteiger partial charge >= 0.3 is 0 Å². The number of hydrogen-bond donors (Lipinski definition) is 0. The fraction of sp³-hybridized carbons (Fsp3) is 0.368. The van der Waals surface area contributed by atoms with Crippen LogP contribution in [0.5, 0.6) is 0 Å². The summed E-state index contributed by atoms with van der Waals surface area (Å²) in [4.78, 5) is 0. The summed E-state index contributed by atoms with van der Waals surface area (Å²) in [5, 5.41) is 0. The average Bonchev–Trinajstić information content (AvgIpc) is 2.56. The second-order valence-electron chi connectivity index (χ2n) is 6.60. The number of para-hydroxylation sites is 2. The largest absolute Gasteiger partial charge is 0.401 e. The third-order valence-corrected chi connectivity index (χ3v) is 9.90. The van der Waals surface area contributed by atoms with E-state index < -0.39 is 0 Å². The molecule has 0 bridgehead atoms. The van der Waals surface area contributed by atoms with Crippen molar-refractivity contribution in [1.82, 2.24) is 0 Å². The zero-order chi connectivity index (χ0) is 16.7. The maximum Gasteiger partial charge on any atom is 0.123 e. The van der Waals surface area contributed by atoms with Crippen LogP contribution in [-0.4, -0.2) is 31.4 Å². The second kappa shape index (κ2) is 8.94. The first-order valence-corrected chi connectivity index (χ1v) is 12.0. The molecular weight excluding hydrogens is 312 g/mol. The Kier molecular flexibility index (Phi) is 6.93. The van der Waals surface area contributed by atoms with Crippen molar-refractivity contribution in [3.63, 3.8) is 0 Å². The molecule has 2 aromatic carbocycles. The van der Waals surface area contributed by atoms with Gasteiger partial charge in [-0.25, -0.2) is 0 Å². The summed E-state index contributed by atoms with van der Waals surface area (Å²) in [6, 6.07) is 23.0. The molecule has 0 aliphatic carbocycles. The zero-order valence-corrected chi connectivity index (χ0v) is 17.8. The van der Waals surface area contributed by atoms with Crippen molar-refractivity contribution in [2.24, 2.45) is 0 Å². The molecule has 0 spiro atoms. The van der Waals surface area contributed by atoms with Gasteiger partial charge in [-0.3, -0.25) is 0 Å². The Morgan fingerprint density at radius 2 is 1.00 bits per heavy atom. The van der Waals surface area contributed by atoms with E-state index in [2.05, 4.69) is 97.5 Å². The van der Waals surface area contributed by atoms with E-state index in [0.717, 1.165) is 0 Å². The molecule has 0 radical (unpaired) electrons. The minimum absolute atomic E-state index is 0.247. The maximum atomic E-state index is 2.66. The van der Waals surface area contributed by atoms with Gasteiger partial charge in [0.1, 0.15) is 19.4 Å². The molecule has 0 heterocycles. The van der Waals surface area contributed by atoms with E-state index in [1.54, 1.807) is 0 Å². The molecule has 0 fully saturated rings. The summed E-state index contributed by atoms with van der Waals surface area (Å²) in [7, 11) is -0.493. The van der Waals surface area contributed by atoms with Gasteiger partial charge in [0.25, 0.3) is 0 Å². The zero-order valence-electron chi connectivity index (χ0n) is 14.9. The minimum Gasteiger partial charge on any atom is -0.401 e. The predicted octanol–water partition coefficient (Wildman–Crippen LogP) is 3.36. The molecule has 2 nitrogen and oxygen atoms in total. The highest BCUT2D eigenvalue weighted by Crippen LogP contribution is 2.18. The van der Waals surface area contributed by atoms with Gasteiger partial charge in [0.15, 0.2) is 0 Å². The molecule has 124 valence electrons. The third kappa shape index (κ3) is 5.25. The third-order valence-electron chi connectivity index (χ3n) is 4.22. The minimum atomic E-state index is -0.247. The van der Waals surface area contributed by atoms with Gasteiger partial charge in [0, 0.05) is 23.5 Å². The number of hydrogen-bond acceptors (Lipinski definition) is 2. The van der Waals surface area contributed by atoms with Crippen LogP contribution >= 0.6 is 0 Å². The Labute approximate surface area is 146 Å². The van der Waals surface area contributed by atoms with Crippen molar-refractivity contribution >= 4 is 30.7 Å². The molecule has 4 heteroatoms. The van der Waals surface area contributed by atoms with Gasteiger partial charge in [-0.05, 0) is 57.6 Å². The lowest BCUT2D eigenvalue weighted by Gasteiger charge is -2.32. The summed E-state index contributed by atoms with van der Waals surface area (Å²) in [5.74, 6) is 0. The highest BCUT2D eigenvalue weighted by atomic mass is 28.3. The Bertz CT molecular complexity index is 507. The number of anilines is 2. The van der Waals surface area contributed by atoms with Crippen molar-refractivity contribution < 1.29 is 0 Å². The first-order chi connectivity index (χ1) is 11.1. The highest BCUT2D eigenvalue weighted by Gasteiger charge is 2.14. The van der Waals surface area contributed by atoms with Crippen molar-refractivity contribution in [1.29, 1.82) is 0 Å². The second-order valence-corrected chi connectivity index (χ2v) is 11.7. The first-order valence-electron chi connectivity index (χ1n) is 8.73. The standard InChI is InChI=1S/C19H30N2Si2/c1-16(2)20(18-11-7-5-8-12-18)22-15-23-21(17(3)4)19-13-9-6-10-14-19/h5-14,16-17H,15,22-23H2,1-4H3. The van der Waals surface area contributed by atoms with Gasteiger partial charge in [-0.1, -0.05) is 36.4 Å². The molecule has 2 rings (SSSR count). The van der Waals surface area contributed by atoms with Crippen LogP contribution in [0.1, 0.15) is 27.7 Å². The Hall–Kier alpha value is -1.53. The normalized spacial score (nSPS) is 12.1. The molecular formula is C19H30N2Si2. The van der Waals surface area contributed by atoms with E-state index >= 15 is 0 Å². The molecule has 0 aliphatic heterocycles. The number of rotatable bonds is 8. The summed E-state index contributed by atoms with van der Waals surface area (Å²) in [6.45, 7) is 9.27. The van der Waals surface area contributed by atoms with Crippen LogP contribution in [-0.2, 0) is 0 Å². The molecule has 0 N–H and O–H groups in total. The van der Waals surface area contributed by atoms with E-state index in [0.29, 0.717) is 12.1 Å². The first kappa shape index (κ1) is 17.8. The summed E-state index contributed by atoms with van der Waals surface area (Å²) < 4.78 is 5.33. The lowest BCUT2D eigenvalue weighted by molar-refractivity contribution is 0.816. The van der Waals surface area contributed by atoms with Crippen LogP contribution in [0.3, 0.4) is 0 Å². The smallest absolute Gasteiger partial charge is 0.123 e. The molecule has 0 saturated carbocycles. The average molecular weight is 343 g/mol. The van der Waals surface area contributed by atoms with Crippen molar-refractivity contribution in [3.8, 4) is 0 Å². The number of benzene rings is 2. The molecule has 0 unspecified atom stereocenters. The van der Waals surface area contributed by atoms with Gasteiger partial charge in [-0.15, -0.1) is 0 Å². The van der Waals surface area contributed by atoms with Gasteiger partial charge in [0.05, 0.1) is 0 Å². The lowest BCUT2D eigenvalue weighted by atomic mass is 10.3. The van der Waals surface area contributed by atoms with Crippen LogP contribution in [0, 0.1) is 0 Å². The SMILES string of the molecule is CC(C)N([SiH2]C[SiH2]N(c1ccccc1)C(C)C)c1ccccc1. The monoisotopic (exact) mass is 342 g/mol. The van der Waals surface area contributed by atoms with Crippen LogP contribution in [0.4, 0.5) is 11.4 Å². The quantitative estimate of drug-likeness (QED) is 0.679. The van der Waals surface area contributed by atoms with E-state index in [-0.39, 0.29) is 19.4 Å². The van der Waals surface area contributed by atoms with E-state index in [1.165, 1.54) is 17.0 Å². The van der Waals surface area contributed by atoms with E-state index in [1.807, 2.05) is 0 Å². The molecule has 0 aromatic heterocycles. The van der Waals surface area contributed by atoms with Gasteiger partial charge < -0.3 is 9.13 Å². The van der Waals surface area contributed by atoms with Crippen molar-refractivity contribution in [3.05, 3.63) is 60.7 Å². The molecule has 0 atom stereocenters. The van der Waals surface area contributed by atoms with Crippen LogP contribution < -0.4 is 9.13 Å².